The predicted molar refractivity (Wildman–Crippen MR) is 136 cm³/mol. The molecule has 39 heavy (non-hydrogen) atoms. The van der Waals surface area contributed by atoms with Crippen LogP contribution in [0.2, 0.25) is 0 Å². The summed E-state index contributed by atoms with van der Waals surface area (Å²) in [5, 5.41) is 7.63. The monoisotopic (exact) mass is 543 g/mol. The van der Waals surface area contributed by atoms with Crippen molar-refractivity contribution in [3.63, 3.8) is 0 Å². The van der Waals surface area contributed by atoms with Crippen LogP contribution < -0.4 is 21.5 Å². The van der Waals surface area contributed by atoms with Gasteiger partial charge in [0.2, 0.25) is 17.8 Å². The minimum atomic E-state index is -4.57. The van der Waals surface area contributed by atoms with Gasteiger partial charge in [-0.05, 0) is 48.9 Å². The van der Waals surface area contributed by atoms with Gasteiger partial charge in [0, 0.05) is 17.8 Å². The van der Waals surface area contributed by atoms with Crippen molar-refractivity contribution in [1.82, 2.24) is 9.97 Å². The van der Waals surface area contributed by atoms with E-state index in [0.29, 0.717) is 17.9 Å². The summed E-state index contributed by atoms with van der Waals surface area (Å²) >= 11 is 0. The summed E-state index contributed by atoms with van der Waals surface area (Å²) in [6.45, 7) is 2.27. The third-order valence-corrected chi connectivity index (χ3v) is 5.84. The minimum Gasteiger partial charge on any atom is -0.462 e. The van der Waals surface area contributed by atoms with Gasteiger partial charge in [0.1, 0.15) is 5.82 Å². The number of aromatic amines is 1. The lowest BCUT2D eigenvalue weighted by molar-refractivity contribution is -0.137. The average molecular weight is 544 g/mol. The van der Waals surface area contributed by atoms with Crippen LogP contribution in [0.15, 0.2) is 53.3 Å². The highest BCUT2D eigenvalue weighted by atomic mass is 19.4. The number of aromatic nitrogens is 2. The maximum absolute atomic E-state index is 13.0. The average Bonchev–Trinajstić information content (AvgIpc) is 2.88. The number of hydrogen-bond acceptors (Lipinski definition) is 7. The van der Waals surface area contributed by atoms with Crippen molar-refractivity contribution in [3.05, 3.63) is 75.6 Å². The van der Waals surface area contributed by atoms with Gasteiger partial charge in [0.25, 0.3) is 5.56 Å². The number of carbonyl (C=O) groups is 3. The van der Waals surface area contributed by atoms with Gasteiger partial charge in [-0.1, -0.05) is 19.4 Å². The number of anilines is 4. The Labute approximate surface area is 220 Å². The number of alkyl halides is 3. The fourth-order valence-corrected chi connectivity index (χ4v) is 3.88. The summed E-state index contributed by atoms with van der Waals surface area (Å²) in [7, 11) is 0. The topological polar surface area (TPSA) is 142 Å². The number of rotatable bonds is 8. The van der Waals surface area contributed by atoms with Crippen molar-refractivity contribution < 1.29 is 32.3 Å². The lowest BCUT2D eigenvalue weighted by Crippen LogP contribution is -2.36. The molecule has 3 aromatic rings. The Hall–Kier alpha value is -4.68. The first-order valence-electron chi connectivity index (χ1n) is 12.0. The van der Waals surface area contributed by atoms with Crippen LogP contribution in [-0.4, -0.2) is 34.4 Å². The lowest BCUT2D eigenvalue weighted by Gasteiger charge is -2.23. The van der Waals surface area contributed by atoms with Gasteiger partial charge in [0.05, 0.1) is 29.2 Å². The minimum absolute atomic E-state index is 0.00189. The van der Waals surface area contributed by atoms with E-state index >= 15 is 0 Å². The Kier molecular flexibility index (Phi) is 7.98. The van der Waals surface area contributed by atoms with E-state index in [1.54, 1.807) is 0 Å². The highest BCUT2D eigenvalue weighted by Crippen LogP contribution is 2.32. The molecule has 10 nitrogen and oxygen atoms in total. The van der Waals surface area contributed by atoms with Gasteiger partial charge in [-0.3, -0.25) is 19.4 Å². The molecule has 0 aliphatic carbocycles. The Bertz CT molecular complexity index is 1450. The molecular weight excluding hydrogens is 519 g/mol. The maximum atomic E-state index is 13.0. The molecule has 0 radical (unpaired) electrons. The second-order valence-corrected chi connectivity index (χ2v) is 8.74. The number of benzene rings is 2. The molecule has 0 saturated heterocycles. The molecule has 1 aliphatic heterocycles. The molecule has 1 aliphatic rings. The van der Waals surface area contributed by atoms with Gasteiger partial charge >= 0.3 is 12.1 Å². The molecule has 0 saturated carbocycles. The van der Waals surface area contributed by atoms with Crippen LogP contribution in [0.5, 0.6) is 0 Å². The number of hydrogen-bond donors (Lipinski definition) is 4. The summed E-state index contributed by atoms with van der Waals surface area (Å²) in [6, 6.07) is 10.2. The highest BCUT2D eigenvalue weighted by Gasteiger charge is 2.35. The summed E-state index contributed by atoms with van der Waals surface area (Å²) in [6.07, 6.45) is -3.27. The van der Waals surface area contributed by atoms with Crippen molar-refractivity contribution in [3.8, 4) is 0 Å². The van der Waals surface area contributed by atoms with E-state index < -0.39 is 41.0 Å². The van der Waals surface area contributed by atoms with Crippen molar-refractivity contribution in [2.45, 2.75) is 38.3 Å². The molecule has 204 valence electrons. The molecule has 2 aromatic carbocycles. The second kappa shape index (κ2) is 11.4. The fourth-order valence-electron chi connectivity index (χ4n) is 3.88. The van der Waals surface area contributed by atoms with Crippen LogP contribution in [0.4, 0.5) is 36.3 Å². The second-order valence-electron chi connectivity index (χ2n) is 8.74. The number of nitrogens with zero attached hydrogens (tertiary/aromatic N) is 1. The van der Waals surface area contributed by atoms with Crippen LogP contribution in [-0.2, 0) is 20.5 Å². The van der Waals surface area contributed by atoms with Crippen LogP contribution >= 0.6 is 0 Å². The normalized spacial score (nSPS) is 14.7. The van der Waals surface area contributed by atoms with Crippen molar-refractivity contribution in [2.75, 3.05) is 22.6 Å². The van der Waals surface area contributed by atoms with Crippen molar-refractivity contribution in [1.29, 1.82) is 0 Å². The number of halogens is 3. The van der Waals surface area contributed by atoms with Crippen LogP contribution in [0.3, 0.4) is 0 Å². The molecule has 0 bridgehead atoms. The van der Waals surface area contributed by atoms with E-state index in [1.807, 2.05) is 6.92 Å². The maximum Gasteiger partial charge on any atom is 0.416 e. The number of ether oxygens (including phenoxy) is 1. The Morgan fingerprint density at radius 2 is 1.85 bits per heavy atom. The van der Waals surface area contributed by atoms with E-state index in [-0.39, 0.29) is 29.4 Å². The number of unbranched alkanes of at least 4 members (excludes halogenated alkanes) is 1. The number of fused-ring (bicyclic) bond motifs is 1. The van der Waals surface area contributed by atoms with E-state index in [4.69, 9.17) is 4.74 Å². The van der Waals surface area contributed by atoms with Gasteiger partial charge in [0.15, 0.2) is 0 Å². The third-order valence-electron chi connectivity index (χ3n) is 5.84. The first kappa shape index (κ1) is 27.4. The molecule has 0 spiro atoms. The Morgan fingerprint density at radius 1 is 1.10 bits per heavy atom. The van der Waals surface area contributed by atoms with Crippen LogP contribution in [0.25, 0.3) is 0 Å². The molecule has 4 N–H and O–H groups in total. The quantitative estimate of drug-likeness (QED) is 0.241. The van der Waals surface area contributed by atoms with E-state index in [0.717, 1.165) is 25.0 Å². The van der Waals surface area contributed by atoms with Crippen molar-refractivity contribution >= 4 is 40.9 Å². The van der Waals surface area contributed by atoms with Crippen LogP contribution in [0.1, 0.15) is 53.6 Å². The number of esters is 1. The largest absolute Gasteiger partial charge is 0.462 e. The standard InChI is InChI=1S/C26H24F3N5O5/c1-2-3-11-39-24(38)14-7-9-16(10-8-14)30-22(36)18-13-19(35)32-21-20(18)23(37)34-25(33-21)31-17-6-4-5-15(12-17)26(27,28)29/h4-10,12,18H,2-3,11,13H2,1H3,(H,30,36)(H3,31,32,33,34,35,37)/t18-/m0/s1. The highest BCUT2D eigenvalue weighted by molar-refractivity contribution is 6.04. The van der Waals surface area contributed by atoms with Crippen molar-refractivity contribution in [2.24, 2.45) is 0 Å². The zero-order valence-corrected chi connectivity index (χ0v) is 20.6. The van der Waals surface area contributed by atoms with E-state index in [9.17, 15) is 32.3 Å². The lowest BCUT2D eigenvalue weighted by atomic mass is 9.92. The number of carbonyl (C=O) groups excluding carboxylic acids is 3. The molecule has 1 aromatic heterocycles. The smallest absolute Gasteiger partial charge is 0.416 e. The Morgan fingerprint density at radius 3 is 2.54 bits per heavy atom. The predicted octanol–water partition coefficient (Wildman–Crippen LogP) is 4.55. The first-order valence-corrected chi connectivity index (χ1v) is 12.0. The molecular formula is C26H24F3N5O5. The zero-order chi connectivity index (χ0) is 28.2. The Balaban J connectivity index is 1.51. The number of H-pyrrole nitrogens is 1. The van der Waals surface area contributed by atoms with Crippen LogP contribution in [0, 0.1) is 0 Å². The molecule has 0 unspecified atom stereocenters. The molecule has 2 heterocycles. The molecule has 2 amide bonds. The van der Waals surface area contributed by atoms with Gasteiger partial charge < -0.3 is 20.7 Å². The van der Waals surface area contributed by atoms with Gasteiger partial charge in [-0.2, -0.15) is 18.2 Å². The van der Waals surface area contributed by atoms with E-state index in [1.165, 1.54) is 36.4 Å². The summed E-state index contributed by atoms with van der Waals surface area (Å²) < 4.78 is 44.2. The summed E-state index contributed by atoms with van der Waals surface area (Å²) in [4.78, 5) is 56.8. The third kappa shape index (κ3) is 6.61. The summed E-state index contributed by atoms with van der Waals surface area (Å²) in [5.41, 5.74) is -1.13. The summed E-state index contributed by atoms with van der Waals surface area (Å²) in [5.74, 6) is -3.32. The molecule has 0 fully saturated rings. The fraction of sp³-hybridized carbons (Fsp3) is 0.269. The van der Waals surface area contributed by atoms with Gasteiger partial charge in [-0.15, -0.1) is 0 Å². The molecule has 1 atom stereocenters. The first-order chi connectivity index (χ1) is 18.5. The molecule has 4 rings (SSSR count). The van der Waals surface area contributed by atoms with Gasteiger partial charge in [-0.25, -0.2) is 4.79 Å². The van der Waals surface area contributed by atoms with E-state index in [2.05, 4.69) is 25.9 Å². The number of nitrogens with one attached hydrogen (secondary N) is 4. The SMILES string of the molecule is CCCCOC(=O)c1ccc(NC(=O)[C@H]2CC(=O)Nc3nc(Nc4cccc(C(F)(F)F)c4)[nH]c(=O)c32)cc1. The zero-order valence-electron chi connectivity index (χ0n) is 20.6. The number of amides is 2. The molecule has 13 heteroatoms.